The normalized spacial score (nSPS) is 18.7. The Morgan fingerprint density at radius 2 is 1.71 bits per heavy atom. The van der Waals surface area contributed by atoms with Crippen molar-refractivity contribution in [2.75, 3.05) is 6.54 Å². The van der Waals surface area contributed by atoms with E-state index in [0.29, 0.717) is 35.7 Å². The topological polar surface area (TPSA) is 105 Å². The third kappa shape index (κ3) is 3.19. The molecular weight excluding hydrogens is 360 g/mol. The number of benzene rings is 1. The van der Waals surface area contributed by atoms with Gasteiger partial charge in [-0.05, 0) is 25.0 Å². The molecule has 1 aliphatic carbocycles. The maximum atomic E-state index is 12.9. The van der Waals surface area contributed by atoms with Crippen LogP contribution in [0.2, 0.25) is 0 Å². The zero-order valence-corrected chi connectivity index (χ0v) is 15.7. The van der Waals surface area contributed by atoms with Crippen LogP contribution in [0.4, 0.5) is 0 Å². The highest BCUT2D eigenvalue weighted by Crippen LogP contribution is 2.34. The molecule has 0 radical (unpaired) electrons. The van der Waals surface area contributed by atoms with Gasteiger partial charge in [0.05, 0.1) is 11.1 Å². The molecule has 2 aliphatic rings. The summed E-state index contributed by atoms with van der Waals surface area (Å²) in [5.74, 6) is -0.392. The summed E-state index contributed by atoms with van der Waals surface area (Å²) in [6.45, 7) is 1.38. The van der Waals surface area contributed by atoms with E-state index in [2.05, 4.69) is 15.5 Å². The lowest BCUT2D eigenvalue weighted by molar-refractivity contribution is -0.123. The summed E-state index contributed by atoms with van der Waals surface area (Å²) in [6, 6.07) is 6.60. The van der Waals surface area contributed by atoms with Gasteiger partial charge in [-0.25, -0.2) is 0 Å². The number of aryl methyl sites for hydroxylation is 1. The molecular formula is C20H22N4O4. The lowest BCUT2D eigenvalue weighted by Crippen LogP contribution is -2.50. The first-order valence-corrected chi connectivity index (χ1v) is 9.57. The molecule has 1 fully saturated rings. The fraction of sp³-hybridized carbons (Fsp3) is 0.450. The summed E-state index contributed by atoms with van der Waals surface area (Å²) < 4.78 is 5.14. The Bertz CT molecular complexity index is 893. The van der Waals surface area contributed by atoms with E-state index in [4.69, 9.17) is 4.52 Å². The van der Waals surface area contributed by atoms with Gasteiger partial charge in [0.25, 0.3) is 11.8 Å². The van der Waals surface area contributed by atoms with Gasteiger partial charge in [0.2, 0.25) is 11.8 Å². The van der Waals surface area contributed by atoms with Gasteiger partial charge in [0.15, 0.2) is 5.82 Å². The van der Waals surface area contributed by atoms with Gasteiger partial charge in [-0.15, -0.1) is 0 Å². The third-order valence-electron chi connectivity index (χ3n) is 5.47. The summed E-state index contributed by atoms with van der Waals surface area (Å²) in [5.41, 5.74) is -0.0687. The number of hydrogen-bond donors (Lipinski definition) is 1. The molecule has 3 amide bonds. The molecule has 1 aromatic heterocycles. The highest BCUT2D eigenvalue weighted by Gasteiger charge is 2.41. The second kappa shape index (κ2) is 7.18. The molecule has 8 heteroatoms. The van der Waals surface area contributed by atoms with Crippen molar-refractivity contribution in [3.05, 3.63) is 47.1 Å². The van der Waals surface area contributed by atoms with Crippen molar-refractivity contribution in [2.24, 2.45) is 0 Å². The van der Waals surface area contributed by atoms with Gasteiger partial charge in [-0.2, -0.15) is 4.98 Å². The fourth-order valence-electron chi connectivity index (χ4n) is 4.06. The smallest absolute Gasteiger partial charge is 0.262 e. The molecule has 2 heterocycles. The van der Waals surface area contributed by atoms with E-state index in [9.17, 15) is 14.4 Å². The van der Waals surface area contributed by atoms with Crippen LogP contribution in [0.5, 0.6) is 0 Å². The zero-order valence-electron chi connectivity index (χ0n) is 15.7. The Morgan fingerprint density at radius 1 is 1.11 bits per heavy atom. The van der Waals surface area contributed by atoms with Crippen LogP contribution in [-0.2, 0) is 10.3 Å². The number of aromatic nitrogens is 2. The number of nitrogens with one attached hydrogen (secondary N) is 1. The van der Waals surface area contributed by atoms with Crippen LogP contribution < -0.4 is 5.32 Å². The monoisotopic (exact) mass is 382 g/mol. The maximum Gasteiger partial charge on any atom is 0.262 e. The van der Waals surface area contributed by atoms with Gasteiger partial charge in [-0.1, -0.05) is 43.0 Å². The van der Waals surface area contributed by atoms with Crippen molar-refractivity contribution >= 4 is 17.7 Å². The van der Waals surface area contributed by atoms with E-state index >= 15 is 0 Å². The van der Waals surface area contributed by atoms with E-state index in [-0.39, 0.29) is 6.54 Å². The number of hydrogen-bond acceptors (Lipinski definition) is 6. The molecule has 8 nitrogen and oxygen atoms in total. The lowest BCUT2D eigenvalue weighted by Gasteiger charge is -2.31. The Morgan fingerprint density at radius 3 is 2.25 bits per heavy atom. The first-order chi connectivity index (χ1) is 13.5. The summed E-state index contributed by atoms with van der Waals surface area (Å²) in [4.78, 5) is 43.3. The highest BCUT2D eigenvalue weighted by atomic mass is 16.5. The van der Waals surface area contributed by atoms with Gasteiger partial charge >= 0.3 is 0 Å². The van der Waals surface area contributed by atoms with Gasteiger partial charge in [-0.3, -0.25) is 19.3 Å². The molecule has 1 aliphatic heterocycles. The van der Waals surface area contributed by atoms with Gasteiger partial charge < -0.3 is 9.84 Å². The minimum atomic E-state index is -0.732. The molecule has 0 saturated heterocycles. The molecule has 28 heavy (non-hydrogen) atoms. The van der Waals surface area contributed by atoms with Gasteiger partial charge in [0, 0.05) is 6.92 Å². The van der Waals surface area contributed by atoms with Crippen LogP contribution in [-0.4, -0.2) is 39.3 Å². The predicted molar refractivity (Wildman–Crippen MR) is 98.4 cm³/mol. The number of amides is 3. The molecule has 0 atom stereocenters. The first kappa shape index (κ1) is 18.3. The van der Waals surface area contributed by atoms with Crippen LogP contribution in [0, 0.1) is 6.92 Å². The summed E-state index contributed by atoms with van der Waals surface area (Å²) in [6.07, 6.45) is 5.40. The first-order valence-electron chi connectivity index (χ1n) is 9.57. The molecule has 0 spiro atoms. The highest BCUT2D eigenvalue weighted by molar-refractivity contribution is 6.22. The minimum absolute atomic E-state index is 0.328. The molecule has 0 bridgehead atoms. The Balaban J connectivity index is 1.54. The number of nitrogens with zero attached hydrogens (tertiary/aromatic N) is 3. The van der Waals surface area contributed by atoms with Gasteiger partial charge in [0.1, 0.15) is 12.1 Å². The second-order valence-corrected chi connectivity index (χ2v) is 7.42. The number of imide groups is 1. The van der Waals surface area contributed by atoms with Crippen molar-refractivity contribution in [3.8, 4) is 0 Å². The van der Waals surface area contributed by atoms with E-state index < -0.39 is 23.3 Å². The van der Waals surface area contributed by atoms with Crippen LogP contribution in [0.15, 0.2) is 28.8 Å². The molecule has 0 unspecified atom stereocenters. The number of carbonyl (C=O) groups is 3. The summed E-state index contributed by atoms with van der Waals surface area (Å²) in [5, 5.41) is 7.08. The molecule has 1 aromatic carbocycles. The van der Waals surface area contributed by atoms with Crippen LogP contribution in [0.1, 0.15) is 71.0 Å². The average Bonchev–Trinajstić information content (AvgIpc) is 3.12. The minimum Gasteiger partial charge on any atom is -0.342 e. The van der Waals surface area contributed by atoms with Crippen molar-refractivity contribution in [1.82, 2.24) is 20.4 Å². The Hall–Kier alpha value is -3.03. The predicted octanol–water partition coefficient (Wildman–Crippen LogP) is 2.34. The average molecular weight is 382 g/mol. The molecule has 146 valence electrons. The quantitative estimate of drug-likeness (QED) is 0.643. The van der Waals surface area contributed by atoms with Crippen molar-refractivity contribution in [3.63, 3.8) is 0 Å². The SMILES string of the molecule is Cc1nc(C2(NC(=O)CN3C(=O)c4ccccc4C3=O)CCCCCC2)no1. The van der Waals surface area contributed by atoms with Crippen molar-refractivity contribution < 1.29 is 18.9 Å². The van der Waals surface area contributed by atoms with E-state index in [0.717, 1.165) is 30.6 Å². The van der Waals surface area contributed by atoms with Crippen molar-refractivity contribution in [2.45, 2.75) is 51.0 Å². The molecule has 4 rings (SSSR count). The Kier molecular flexibility index (Phi) is 4.70. The molecule has 2 aromatic rings. The molecule has 1 saturated carbocycles. The Labute approximate surface area is 162 Å². The lowest BCUT2D eigenvalue weighted by atomic mass is 9.89. The summed E-state index contributed by atoms with van der Waals surface area (Å²) in [7, 11) is 0. The summed E-state index contributed by atoms with van der Waals surface area (Å²) >= 11 is 0. The molecule has 1 N–H and O–H groups in total. The van der Waals surface area contributed by atoms with E-state index in [1.165, 1.54) is 0 Å². The number of rotatable bonds is 4. The zero-order chi connectivity index (χ0) is 19.7. The number of carbonyl (C=O) groups excluding carboxylic acids is 3. The number of fused-ring (bicyclic) bond motifs is 1. The van der Waals surface area contributed by atoms with E-state index in [1.807, 2.05) is 0 Å². The van der Waals surface area contributed by atoms with Crippen LogP contribution in [0.3, 0.4) is 0 Å². The fourth-order valence-corrected chi connectivity index (χ4v) is 4.06. The maximum absolute atomic E-state index is 12.9. The second-order valence-electron chi connectivity index (χ2n) is 7.42. The van der Waals surface area contributed by atoms with E-state index in [1.54, 1.807) is 31.2 Å². The largest absolute Gasteiger partial charge is 0.342 e. The van der Waals surface area contributed by atoms with Crippen LogP contribution in [0.25, 0.3) is 0 Å². The standard InChI is InChI=1S/C20H22N4O4/c1-13-21-19(23-28-13)20(10-6-2-3-7-11-20)22-16(25)12-24-17(26)14-8-4-5-9-15(14)18(24)27/h4-5,8-9H,2-3,6-7,10-12H2,1H3,(H,22,25). The van der Waals surface area contributed by atoms with Crippen molar-refractivity contribution in [1.29, 1.82) is 0 Å². The van der Waals surface area contributed by atoms with Crippen LogP contribution >= 0.6 is 0 Å². The third-order valence-corrected chi connectivity index (χ3v) is 5.47.